The van der Waals surface area contributed by atoms with Gasteiger partial charge in [0.25, 0.3) is 5.56 Å². The summed E-state index contributed by atoms with van der Waals surface area (Å²) >= 11 is 9.47. The monoisotopic (exact) mass is 544 g/mol. The molecular formula is C19H25N6O7PS2. The van der Waals surface area contributed by atoms with Crippen molar-refractivity contribution < 1.29 is 28.1 Å². The number of anilines is 1. The third-order valence-corrected chi connectivity index (χ3v) is 7.19. The summed E-state index contributed by atoms with van der Waals surface area (Å²) in [4.78, 5) is 47.1. The van der Waals surface area contributed by atoms with Crippen LogP contribution in [-0.4, -0.2) is 56.8 Å². The Labute approximate surface area is 210 Å². The third kappa shape index (κ3) is 7.09. The molecule has 1 unspecified atom stereocenters. The number of nitrogens with one attached hydrogen (secondary N) is 2. The molecule has 0 spiro atoms. The number of ether oxygens (including phenoxy) is 2. The summed E-state index contributed by atoms with van der Waals surface area (Å²) in [7, 11) is 0. The number of carbonyl (C=O) groups excluding carboxylic acids is 2. The molecule has 1 saturated heterocycles. The predicted molar refractivity (Wildman–Crippen MR) is 131 cm³/mol. The van der Waals surface area contributed by atoms with Crippen LogP contribution in [-0.2, 0) is 39.9 Å². The van der Waals surface area contributed by atoms with E-state index in [1.807, 2.05) is 6.07 Å². The first-order valence-electron chi connectivity index (χ1n) is 10.6. The number of imidazole rings is 1. The topological polar surface area (TPSA) is 170 Å². The maximum Gasteiger partial charge on any atom is 0.302 e. The molecule has 1 aliphatic rings. The number of esters is 1. The molecule has 0 aliphatic carbocycles. The molecule has 0 bridgehead atoms. The van der Waals surface area contributed by atoms with Crippen LogP contribution in [0, 0.1) is 17.2 Å². The number of aromatic nitrogens is 4. The van der Waals surface area contributed by atoms with Gasteiger partial charge in [0, 0.05) is 19.3 Å². The zero-order valence-corrected chi connectivity index (χ0v) is 21.8. The minimum Gasteiger partial charge on any atom is -0.460 e. The largest absolute Gasteiger partial charge is 0.460 e. The highest BCUT2D eigenvalue weighted by Gasteiger charge is 2.40. The van der Waals surface area contributed by atoms with Gasteiger partial charge in [-0.25, -0.2) is 4.98 Å². The van der Waals surface area contributed by atoms with Crippen LogP contribution in [0.2, 0.25) is 0 Å². The summed E-state index contributed by atoms with van der Waals surface area (Å²) < 4.78 is 24.0. The maximum absolute atomic E-state index is 12.5. The molecule has 4 atom stereocenters. The molecule has 1 aliphatic heterocycles. The number of H-pyrrole nitrogens is 1. The second kappa shape index (κ2) is 11.6. The molecule has 16 heteroatoms. The minimum atomic E-state index is -2.95. The molecule has 3 heterocycles. The molecule has 0 aromatic carbocycles. The van der Waals surface area contributed by atoms with Gasteiger partial charge in [-0.1, -0.05) is 26.1 Å². The summed E-state index contributed by atoms with van der Waals surface area (Å²) in [5.41, 5.74) is -3.25. The van der Waals surface area contributed by atoms with Crippen molar-refractivity contribution in [2.24, 2.45) is 5.92 Å². The van der Waals surface area contributed by atoms with E-state index in [-0.39, 0.29) is 55.0 Å². The van der Waals surface area contributed by atoms with Crippen LogP contribution >= 0.6 is 17.9 Å². The van der Waals surface area contributed by atoms with E-state index in [2.05, 4.69) is 32.5 Å². The molecule has 2 aromatic rings. The first kappa shape index (κ1) is 27.3. The van der Waals surface area contributed by atoms with Crippen molar-refractivity contribution in [2.75, 3.05) is 18.5 Å². The number of aromatic amines is 1. The van der Waals surface area contributed by atoms with Gasteiger partial charge in [-0.05, 0) is 11.8 Å². The average Bonchev–Trinajstić information content (AvgIpc) is 3.36. The minimum absolute atomic E-state index is 0.0253. The van der Waals surface area contributed by atoms with Crippen molar-refractivity contribution in [2.45, 2.75) is 52.0 Å². The van der Waals surface area contributed by atoms with E-state index < -0.39 is 35.7 Å². The molecule has 2 N–H and O–H groups in total. The van der Waals surface area contributed by atoms with Gasteiger partial charge in [-0.15, -0.1) is 0 Å². The maximum atomic E-state index is 12.5. The Morgan fingerprint density at radius 2 is 2.23 bits per heavy atom. The van der Waals surface area contributed by atoms with Crippen LogP contribution in [0.15, 0.2) is 11.1 Å². The van der Waals surface area contributed by atoms with Crippen LogP contribution in [0.25, 0.3) is 11.2 Å². The van der Waals surface area contributed by atoms with E-state index in [4.69, 9.17) is 35.6 Å². The Bertz CT molecular complexity index is 1240. The van der Waals surface area contributed by atoms with Crippen LogP contribution in [0.5, 0.6) is 0 Å². The summed E-state index contributed by atoms with van der Waals surface area (Å²) in [6.07, 6.45) is -0.394. The van der Waals surface area contributed by atoms with Gasteiger partial charge >= 0.3 is 5.97 Å². The summed E-state index contributed by atoms with van der Waals surface area (Å²) in [5, 5.41) is 11.2. The van der Waals surface area contributed by atoms with Gasteiger partial charge in [0.15, 0.2) is 11.2 Å². The highest BCUT2D eigenvalue weighted by molar-refractivity contribution is 8.60. The van der Waals surface area contributed by atoms with Crippen LogP contribution in [0.3, 0.4) is 0 Å². The fourth-order valence-corrected chi connectivity index (χ4v) is 4.81. The molecule has 1 amide bonds. The van der Waals surface area contributed by atoms with E-state index in [0.717, 1.165) is 0 Å². The fourth-order valence-electron chi connectivity index (χ4n) is 3.23. The molecule has 13 nitrogen and oxygen atoms in total. The Kier molecular flexibility index (Phi) is 9.03. The summed E-state index contributed by atoms with van der Waals surface area (Å²) in [5.74, 6) is -1.17. The van der Waals surface area contributed by atoms with Crippen molar-refractivity contribution in [3.05, 3.63) is 16.7 Å². The standard InChI is InChI=1S/C19H25N6O7PS2/c1-10(2)17(27)23-19-22-16-15(18(28)24-19)21-9-25(16)14-7-12(31-11(3)26)13(32-14)8-30-33(34,35)29-6-4-5-20/h9-10,12-14H,4,6-8H2,1-3H3,(H,34,35)(H2,22,23,24,27,28)/t12-,13+,14+/m0/s1. The molecule has 190 valence electrons. The molecule has 0 saturated carbocycles. The fraction of sp³-hybridized carbons (Fsp3) is 0.579. The zero-order valence-electron chi connectivity index (χ0n) is 19.2. The normalized spacial score (nSPS) is 21.5. The van der Waals surface area contributed by atoms with Crippen molar-refractivity contribution in [1.82, 2.24) is 19.5 Å². The molecular weight excluding hydrogens is 519 g/mol. The number of fused-ring (bicyclic) bond motifs is 1. The third-order valence-electron chi connectivity index (χ3n) is 4.88. The molecule has 0 radical (unpaired) electrons. The SMILES string of the molecule is CC(=O)O[C@H]1C[C@H](n2cnc3c(=O)[nH]c(NC(=O)C(C)C)nc32)O[C@@H]1COP(=S)(S)OCCC#N. The number of carbonyl (C=O) groups is 2. The second-order valence-electron chi connectivity index (χ2n) is 7.90. The second-order valence-corrected chi connectivity index (χ2v) is 13.2. The smallest absolute Gasteiger partial charge is 0.302 e. The highest BCUT2D eigenvalue weighted by Crippen LogP contribution is 2.54. The van der Waals surface area contributed by atoms with Gasteiger partial charge in [0.2, 0.25) is 17.5 Å². The zero-order chi connectivity index (χ0) is 25.8. The number of thiol groups is 1. The lowest BCUT2D eigenvalue weighted by atomic mass is 10.2. The quantitative estimate of drug-likeness (QED) is 0.173. The van der Waals surface area contributed by atoms with E-state index >= 15 is 0 Å². The van der Waals surface area contributed by atoms with Gasteiger partial charge in [0.05, 0.1) is 32.0 Å². The van der Waals surface area contributed by atoms with Crippen LogP contribution in [0.4, 0.5) is 5.95 Å². The number of nitriles is 1. The number of amides is 1. The Morgan fingerprint density at radius 3 is 2.89 bits per heavy atom. The summed E-state index contributed by atoms with van der Waals surface area (Å²) in [6, 6.07) is 1.94. The van der Waals surface area contributed by atoms with E-state index in [9.17, 15) is 14.4 Å². The molecule has 3 rings (SSSR count). The number of nitrogens with zero attached hydrogens (tertiary/aromatic N) is 4. The Morgan fingerprint density at radius 1 is 1.49 bits per heavy atom. The molecule has 2 aromatic heterocycles. The van der Waals surface area contributed by atoms with Gasteiger partial charge < -0.3 is 18.5 Å². The highest BCUT2D eigenvalue weighted by atomic mass is 32.9. The number of hydrogen-bond donors (Lipinski definition) is 3. The first-order chi connectivity index (χ1) is 16.5. The summed E-state index contributed by atoms with van der Waals surface area (Å²) in [6.45, 7) is 4.68. The average molecular weight is 545 g/mol. The molecule has 35 heavy (non-hydrogen) atoms. The van der Waals surface area contributed by atoms with Crippen LogP contribution < -0.4 is 10.9 Å². The predicted octanol–water partition coefficient (Wildman–Crippen LogP) is 2.03. The number of hydrogen-bond acceptors (Lipinski definition) is 11. The van der Waals surface area contributed by atoms with Gasteiger partial charge in [-0.2, -0.15) is 10.2 Å². The lowest BCUT2D eigenvalue weighted by molar-refractivity contribution is -0.150. The van der Waals surface area contributed by atoms with E-state index in [1.54, 1.807) is 13.8 Å². The van der Waals surface area contributed by atoms with E-state index in [1.165, 1.54) is 17.8 Å². The number of rotatable bonds is 10. The van der Waals surface area contributed by atoms with Crippen LogP contribution in [0.1, 0.15) is 39.8 Å². The van der Waals surface area contributed by atoms with Gasteiger partial charge in [-0.3, -0.25) is 29.3 Å². The van der Waals surface area contributed by atoms with E-state index in [0.29, 0.717) is 0 Å². The lowest BCUT2D eigenvalue weighted by Crippen LogP contribution is -2.30. The first-order valence-corrected chi connectivity index (χ1v) is 14.4. The van der Waals surface area contributed by atoms with Crippen molar-refractivity contribution in [3.8, 4) is 6.07 Å². The Hall–Kier alpha value is -2.34. The lowest BCUT2D eigenvalue weighted by Gasteiger charge is -2.22. The van der Waals surface area contributed by atoms with Gasteiger partial charge in [0.1, 0.15) is 18.4 Å². The van der Waals surface area contributed by atoms with Crippen molar-refractivity contribution in [3.63, 3.8) is 0 Å². The molecule has 1 fully saturated rings. The van der Waals surface area contributed by atoms with Crippen molar-refractivity contribution >= 4 is 58.7 Å². The Balaban J connectivity index is 1.82. The van der Waals surface area contributed by atoms with Crippen molar-refractivity contribution in [1.29, 1.82) is 5.26 Å².